The number of aliphatic carboxylic acids is 1. The number of aryl methyl sites for hydroxylation is 2. The van der Waals surface area contributed by atoms with Crippen LogP contribution in [-0.2, 0) is 11.2 Å². The van der Waals surface area contributed by atoms with Crippen molar-refractivity contribution in [2.24, 2.45) is 5.92 Å². The number of pyridine rings is 1. The normalized spacial score (nSPS) is 13.7. The molecule has 0 bridgehead atoms. The second kappa shape index (κ2) is 6.81. The lowest BCUT2D eigenvalue weighted by molar-refractivity contribution is -0.140. The van der Waals surface area contributed by atoms with Crippen LogP contribution in [0.4, 0.5) is 0 Å². The molecule has 0 aliphatic carbocycles. The largest absolute Gasteiger partial charge is 0.480 e. The molecule has 0 fully saturated rings. The highest BCUT2D eigenvalue weighted by Crippen LogP contribution is 2.16. The third kappa shape index (κ3) is 3.36. The Bertz CT molecular complexity index is 736. The zero-order valence-corrected chi connectivity index (χ0v) is 14.0. The molecule has 6 nitrogen and oxygen atoms in total. The molecule has 0 saturated carbocycles. The fraction of sp³-hybridized carbons (Fsp3) is 0.471. The first kappa shape index (κ1) is 17.0. The molecule has 2 unspecified atom stereocenters. The summed E-state index contributed by atoms with van der Waals surface area (Å²) >= 11 is 0. The van der Waals surface area contributed by atoms with Gasteiger partial charge in [-0.05, 0) is 30.9 Å². The van der Waals surface area contributed by atoms with Gasteiger partial charge in [0.2, 0.25) is 0 Å². The molecule has 2 aromatic rings. The van der Waals surface area contributed by atoms with Crippen LogP contribution in [0.1, 0.15) is 48.9 Å². The van der Waals surface area contributed by atoms with Crippen LogP contribution in [0.15, 0.2) is 18.3 Å². The molecule has 0 spiro atoms. The summed E-state index contributed by atoms with van der Waals surface area (Å²) in [6.45, 7) is 7.58. The van der Waals surface area contributed by atoms with Crippen LogP contribution >= 0.6 is 0 Å². The maximum atomic E-state index is 12.7. The van der Waals surface area contributed by atoms with Gasteiger partial charge >= 0.3 is 5.97 Å². The fourth-order valence-electron chi connectivity index (χ4n) is 2.58. The van der Waals surface area contributed by atoms with E-state index in [1.54, 1.807) is 4.40 Å². The molecule has 0 radical (unpaired) electrons. The van der Waals surface area contributed by atoms with Crippen molar-refractivity contribution in [3.8, 4) is 0 Å². The van der Waals surface area contributed by atoms with Crippen LogP contribution in [0, 0.1) is 12.8 Å². The highest BCUT2D eigenvalue weighted by Gasteiger charge is 2.28. The molecule has 1 amide bonds. The Balaban J connectivity index is 2.43. The number of carbonyl (C=O) groups is 2. The van der Waals surface area contributed by atoms with E-state index >= 15 is 0 Å². The zero-order chi connectivity index (χ0) is 17.1. The molecule has 124 valence electrons. The molecule has 2 heterocycles. The Hall–Kier alpha value is -2.37. The number of hydrogen-bond acceptors (Lipinski definition) is 3. The molecular formula is C17H23N3O3. The Labute approximate surface area is 135 Å². The first-order chi connectivity index (χ1) is 10.9. The number of carbonyl (C=O) groups excluding carboxylic acids is 1. The van der Waals surface area contributed by atoms with E-state index < -0.39 is 17.9 Å². The van der Waals surface area contributed by atoms with Gasteiger partial charge in [0, 0.05) is 6.20 Å². The van der Waals surface area contributed by atoms with Crippen molar-refractivity contribution >= 4 is 17.5 Å². The lowest BCUT2D eigenvalue weighted by atomic mass is 9.99. The van der Waals surface area contributed by atoms with Gasteiger partial charge in [0.25, 0.3) is 5.91 Å². The summed E-state index contributed by atoms with van der Waals surface area (Å²) in [6, 6.07) is 2.88. The van der Waals surface area contributed by atoms with Crippen LogP contribution in [0.3, 0.4) is 0 Å². The Morgan fingerprint density at radius 3 is 2.61 bits per heavy atom. The summed E-state index contributed by atoms with van der Waals surface area (Å²) in [7, 11) is 0. The monoisotopic (exact) mass is 317 g/mol. The van der Waals surface area contributed by atoms with Crippen molar-refractivity contribution in [3.05, 3.63) is 35.3 Å². The van der Waals surface area contributed by atoms with E-state index in [9.17, 15) is 14.7 Å². The minimum Gasteiger partial charge on any atom is -0.480 e. The number of carboxylic acid groups (broad SMARTS) is 1. The molecule has 23 heavy (non-hydrogen) atoms. The third-order valence-corrected chi connectivity index (χ3v) is 4.15. The fourth-order valence-corrected chi connectivity index (χ4v) is 2.58. The van der Waals surface area contributed by atoms with Gasteiger partial charge in [-0.3, -0.25) is 9.20 Å². The summed E-state index contributed by atoms with van der Waals surface area (Å²) in [4.78, 5) is 28.6. The van der Waals surface area contributed by atoms with Crippen molar-refractivity contribution in [2.45, 2.75) is 46.6 Å². The quantitative estimate of drug-likeness (QED) is 0.857. The molecule has 2 N–H and O–H groups in total. The van der Waals surface area contributed by atoms with Crippen LogP contribution in [-0.4, -0.2) is 32.4 Å². The van der Waals surface area contributed by atoms with Crippen molar-refractivity contribution in [1.82, 2.24) is 14.7 Å². The first-order valence-electron chi connectivity index (χ1n) is 7.90. The minimum absolute atomic E-state index is 0.151. The molecule has 2 aromatic heterocycles. The Kier molecular flexibility index (Phi) is 5.03. The lowest BCUT2D eigenvalue weighted by Gasteiger charge is -2.20. The van der Waals surface area contributed by atoms with Gasteiger partial charge in [-0.15, -0.1) is 0 Å². The molecule has 0 aliphatic rings. The number of aromatic nitrogens is 2. The van der Waals surface area contributed by atoms with E-state index in [1.807, 2.05) is 46.0 Å². The van der Waals surface area contributed by atoms with Gasteiger partial charge in [-0.25, -0.2) is 9.78 Å². The zero-order valence-electron chi connectivity index (χ0n) is 14.0. The van der Waals surface area contributed by atoms with Gasteiger partial charge in [0.05, 0.1) is 5.69 Å². The summed E-state index contributed by atoms with van der Waals surface area (Å²) in [5.41, 5.74) is 2.78. The van der Waals surface area contributed by atoms with Gasteiger partial charge in [0.15, 0.2) is 0 Å². The Morgan fingerprint density at radius 1 is 1.35 bits per heavy atom. The van der Waals surface area contributed by atoms with Crippen molar-refractivity contribution in [3.63, 3.8) is 0 Å². The number of imidazole rings is 1. The van der Waals surface area contributed by atoms with Crippen molar-refractivity contribution in [1.29, 1.82) is 0 Å². The smallest absolute Gasteiger partial charge is 0.326 e. The summed E-state index contributed by atoms with van der Waals surface area (Å²) in [6.07, 6.45) is 3.12. The Morgan fingerprint density at radius 2 is 2.04 bits per heavy atom. The maximum Gasteiger partial charge on any atom is 0.326 e. The van der Waals surface area contributed by atoms with Gasteiger partial charge in [-0.2, -0.15) is 0 Å². The number of amides is 1. The van der Waals surface area contributed by atoms with Crippen LogP contribution < -0.4 is 5.32 Å². The lowest BCUT2D eigenvalue weighted by Crippen LogP contribution is -2.45. The summed E-state index contributed by atoms with van der Waals surface area (Å²) in [5, 5.41) is 12.0. The number of fused-ring (bicyclic) bond motifs is 1. The number of hydrogen-bond donors (Lipinski definition) is 2. The highest BCUT2D eigenvalue weighted by molar-refractivity contribution is 5.97. The molecule has 0 aliphatic heterocycles. The standard InChI is InChI=1S/C17H23N3O3/c1-5-11(4)14(17(22)23)19-16(21)15-12(6-2)18-13-8-7-10(3)9-20(13)15/h7-9,11,14H,5-6H2,1-4H3,(H,19,21)(H,22,23). The molecule has 0 saturated heterocycles. The van der Waals surface area contributed by atoms with Crippen LogP contribution in [0.2, 0.25) is 0 Å². The average Bonchev–Trinajstić information content (AvgIpc) is 2.88. The number of carboxylic acids is 1. The van der Waals surface area contributed by atoms with Gasteiger partial charge in [-0.1, -0.05) is 33.3 Å². The van der Waals surface area contributed by atoms with E-state index in [-0.39, 0.29) is 5.92 Å². The number of nitrogens with one attached hydrogen (secondary N) is 1. The average molecular weight is 317 g/mol. The third-order valence-electron chi connectivity index (χ3n) is 4.15. The van der Waals surface area contributed by atoms with Gasteiger partial charge in [0.1, 0.15) is 17.4 Å². The SMILES string of the molecule is CCc1nc2ccc(C)cn2c1C(=O)NC(C(=O)O)C(C)CC. The molecule has 0 aromatic carbocycles. The minimum atomic E-state index is -1.02. The first-order valence-corrected chi connectivity index (χ1v) is 7.90. The van der Waals surface area contributed by atoms with Crippen LogP contribution in [0.25, 0.3) is 5.65 Å². The van der Waals surface area contributed by atoms with E-state index in [1.165, 1.54) is 0 Å². The van der Waals surface area contributed by atoms with E-state index in [0.717, 1.165) is 5.56 Å². The van der Waals surface area contributed by atoms with E-state index in [2.05, 4.69) is 10.3 Å². The number of rotatable bonds is 6. The highest BCUT2D eigenvalue weighted by atomic mass is 16.4. The van der Waals surface area contributed by atoms with Crippen molar-refractivity contribution in [2.75, 3.05) is 0 Å². The predicted molar refractivity (Wildman–Crippen MR) is 87.7 cm³/mol. The summed E-state index contributed by atoms with van der Waals surface area (Å²) in [5.74, 6) is -1.56. The molecule has 6 heteroatoms. The molecule has 2 atom stereocenters. The summed E-state index contributed by atoms with van der Waals surface area (Å²) < 4.78 is 1.74. The van der Waals surface area contributed by atoms with E-state index in [4.69, 9.17) is 0 Å². The topological polar surface area (TPSA) is 83.7 Å². The number of nitrogens with zero attached hydrogens (tertiary/aromatic N) is 2. The second-order valence-corrected chi connectivity index (χ2v) is 5.87. The van der Waals surface area contributed by atoms with Gasteiger partial charge < -0.3 is 10.4 Å². The molecular weight excluding hydrogens is 294 g/mol. The molecule has 2 rings (SSSR count). The second-order valence-electron chi connectivity index (χ2n) is 5.87. The van der Waals surface area contributed by atoms with Crippen molar-refractivity contribution < 1.29 is 14.7 Å². The van der Waals surface area contributed by atoms with E-state index in [0.29, 0.717) is 29.9 Å². The maximum absolute atomic E-state index is 12.7. The van der Waals surface area contributed by atoms with Crippen LogP contribution in [0.5, 0.6) is 0 Å². The predicted octanol–water partition coefficient (Wildman–Crippen LogP) is 2.43.